The van der Waals surface area contributed by atoms with Crippen LogP contribution in [-0.2, 0) is 36.9 Å². The van der Waals surface area contributed by atoms with Gasteiger partial charge in [-0.25, -0.2) is 0 Å². The highest BCUT2D eigenvalue weighted by atomic mass is 16.7. The molecule has 0 bridgehead atoms. The molecule has 4 nitrogen and oxygen atoms in total. The molecule has 298 valence electrons. The molecule has 6 heteroatoms. The lowest BCUT2D eigenvalue weighted by Crippen LogP contribution is -2.41. The Labute approximate surface area is 344 Å². The average Bonchev–Trinajstić information content (AvgIpc) is 3.65. The van der Waals surface area contributed by atoms with E-state index in [1.165, 1.54) is 86.5 Å². The molecular weight excluding hydrogens is 698 g/mol. The van der Waals surface area contributed by atoms with Gasteiger partial charge in [0, 0.05) is 5.41 Å². The minimum absolute atomic E-state index is 0.115. The zero-order valence-corrected chi connectivity index (χ0v) is 36.0. The molecular formula is C51H64B2O4. The van der Waals surface area contributed by atoms with Gasteiger partial charge in [-0.3, -0.25) is 0 Å². The quantitative estimate of drug-likeness (QED) is 0.0947. The highest BCUT2D eigenvalue weighted by molar-refractivity contribution is 6.62. The van der Waals surface area contributed by atoms with Crippen LogP contribution in [0.5, 0.6) is 0 Å². The molecule has 4 aromatic carbocycles. The molecule has 9 rings (SSSR count). The van der Waals surface area contributed by atoms with Crippen LogP contribution in [0, 0.1) is 0 Å². The van der Waals surface area contributed by atoms with Crippen LogP contribution in [0.1, 0.15) is 165 Å². The third-order valence-corrected chi connectivity index (χ3v) is 15.7. The van der Waals surface area contributed by atoms with E-state index >= 15 is 0 Å². The number of hydrogen-bond donors (Lipinski definition) is 0. The molecule has 2 atom stereocenters. The summed E-state index contributed by atoms with van der Waals surface area (Å²) in [6, 6.07) is 32.3. The van der Waals surface area contributed by atoms with Crippen molar-refractivity contribution < 1.29 is 18.6 Å². The monoisotopic (exact) mass is 762 g/mol. The third kappa shape index (κ3) is 6.89. The SMILES string of the molecule is CC1(C)OB(c2ccc3c(c2)C(CCCCCC2Cc4ccccc42)(CCCCCC2Cc4ccccc42)c2cc(B4OC(C)(C)C(C)(C)O4)ccc2-3)OC1(C)C. The van der Waals surface area contributed by atoms with E-state index in [1.807, 2.05) is 0 Å². The first-order valence-electron chi connectivity index (χ1n) is 22.3. The molecule has 57 heavy (non-hydrogen) atoms. The molecule has 5 aliphatic rings. The molecule has 2 unspecified atom stereocenters. The van der Waals surface area contributed by atoms with E-state index in [1.54, 1.807) is 22.3 Å². The number of hydrogen-bond acceptors (Lipinski definition) is 4. The van der Waals surface area contributed by atoms with Crippen LogP contribution < -0.4 is 10.9 Å². The Morgan fingerprint density at radius 2 is 0.860 bits per heavy atom. The van der Waals surface area contributed by atoms with Crippen molar-refractivity contribution in [2.45, 2.75) is 172 Å². The van der Waals surface area contributed by atoms with Gasteiger partial charge in [0.15, 0.2) is 0 Å². The van der Waals surface area contributed by atoms with Crippen molar-refractivity contribution in [3.05, 3.63) is 118 Å². The second kappa shape index (κ2) is 14.5. The normalized spacial score (nSPS) is 23.6. The van der Waals surface area contributed by atoms with Gasteiger partial charge in [-0.05, 0) is 161 Å². The smallest absolute Gasteiger partial charge is 0.399 e. The maximum absolute atomic E-state index is 6.68. The molecule has 0 radical (unpaired) electrons. The largest absolute Gasteiger partial charge is 0.494 e. The van der Waals surface area contributed by atoms with E-state index < -0.39 is 36.6 Å². The van der Waals surface area contributed by atoms with Crippen LogP contribution >= 0.6 is 0 Å². The summed E-state index contributed by atoms with van der Waals surface area (Å²) >= 11 is 0. The molecule has 0 amide bonds. The van der Waals surface area contributed by atoms with Crippen LogP contribution in [-0.4, -0.2) is 36.6 Å². The van der Waals surface area contributed by atoms with Crippen LogP contribution in [0.4, 0.5) is 0 Å². The fraction of sp³-hybridized carbons (Fsp3) is 0.529. The summed E-state index contributed by atoms with van der Waals surface area (Å²) in [4.78, 5) is 0. The minimum atomic E-state index is -0.392. The lowest BCUT2D eigenvalue weighted by Gasteiger charge is -2.34. The van der Waals surface area contributed by atoms with Gasteiger partial charge in [0.05, 0.1) is 22.4 Å². The number of unbranched alkanes of at least 4 members (excludes halogenated alkanes) is 4. The fourth-order valence-corrected chi connectivity index (χ4v) is 10.7. The third-order valence-electron chi connectivity index (χ3n) is 15.7. The van der Waals surface area contributed by atoms with Crippen molar-refractivity contribution >= 4 is 25.2 Å². The van der Waals surface area contributed by atoms with E-state index in [-0.39, 0.29) is 5.41 Å². The predicted octanol–water partition coefficient (Wildman–Crippen LogP) is 11.1. The van der Waals surface area contributed by atoms with Gasteiger partial charge in [0.2, 0.25) is 0 Å². The Hall–Kier alpha value is -3.15. The Kier molecular flexibility index (Phi) is 10.0. The summed E-state index contributed by atoms with van der Waals surface area (Å²) in [6.07, 6.45) is 14.8. The van der Waals surface area contributed by atoms with Crippen molar-refractivity contribution in [3.63, 3.8) is 0 Å². The number of rotatable bonds is 14. The molecule has 3 aliphatic carbocycles. The summed E-state index contributed by atoms with van der Waals surface area (Å²) in [5.41, 5.74) is 12.5. The highest BCUT2D eigenvalue weighted by Crippen LogP contribution is 2.54. The van der Waals surface area contributed by atoms with E-state index in [2.05, 4.69) is 140 Å². The lowest BCUT2D eigenvalue weighted by molar-refractivity contribution is 0.00578. The molecule has 0 aromatic heterocycles. The Morgan fingerprint density at radius 3 is 1.25 bits per heavy atom. The first kappa shape index (κ1) is 39.3. The van der Waals surface area contributed by atoms with Crippen molar-refractivity contribution in [1.82, 2.24) is 0 Å². The molecule has 2 aliphatic heterocycles. The Morgan fingerprint density at radius 1 is 0.474 bits per heavy atom. The van der Waals surface area contributed by atoms with E-state index in [0.717, 1.165) is 35.6 Å². The second-order valence-electron chi connectivity index (χ2n) is 20.3. The summed E-state index contributed by atoms with van der Waals surface area (Å²) < 4.78 is 26.7. The molecule has 2 fully saturated rings. The van der Waals surface area contributed by atoms with Crippen molar-refractivity contribution in [1.29, 1.82) is 0 Å². The first-order valence-corrected chi connectivity index (χ1v) is 22.3. The van der Waals surface area contributed by atoms with Gasteiger partial charge in [-0.2, -0.15) is 0 Å². The minimum Gasteiger partial charge on any atom is -0.399 e. The highest BCUT2D eigenvalue weighted by Gasteiger charge is 2.54. The van der Waals surface area contributed by atoms with E-state index in [0.29, 0.717) is 0 Å². The predicted molar refractivity (Wildman–Crippen MR) is 236 cm³/mol. The summed E-state index contributed by atoms with van der Waals surface area (Å²) in [5.74, 6) is 1.46. The van der Waals surface area contributed by atoms with Gasteiger partial charge >= 0.3 is 14.2 Å². The number of benzene rings is 4. The Bertz CT molecular complexity index is 1950. The molecule has 0 saturated carbocycles. The molecule has 2 saturated heterocycles. The maximum atomic E-state index is 6.68. The van der Waals surface area contributed by atoms with Gasteiger partial charge in [-0.15, -0.1) is 0 Å². The molecule has 2 heterocycles. The standard InChI is InChI=1S/C51H64B2O4/c1-47(2)48(3,4)55-52(54-47)39-25-27-43-44-28-26-40(53-56-49(5,6)50(7,8)57-53)34-46(44)51(45(43)33-39,29-17-9-11-19-35-31-37-21-13-15-23-41(35)37)30-18-10-12-20-36-32-38-22-14-16-24-42(36)38/h13-16,21-28,33-36H,9-12,17-20,29-32H2,1-8H3. The number of fused-ring (bicyclic) bond motifs is 5. The van der Waals surface area contributed by atoms with E-state index in [9.17, 15) is 0 Å². The van der Waals surface area contributed by atoms with E-state index in [4.69, 9.17) is 18.6 Å². The van der Waals surface area contributed by atoms with Crippen LogP contribution in [0.3, 0.4) is 0 Å². The van der Waals surface area contributed by atoms with Crippen molar-refractivity contribution in [2.24, 2.45) is 0 Å². The fourth-order valence-electron chi connectivity index (χ4n) is 10.7. The van der Waals surface area contributed by atoms with Crippen LogP contribution in [0.2, 0.25) is 0 Å². The lowest BCUT2D eigenvalue weighted by atomic mass is 9.67. The van der Waals surface area contributed by atoms with Gasteiger partial charge in [-0.1, -0.05) is 123 Å². The van der Waals surface area contributed by atoms with Gasteiger partial charge in [0.1, 0.15) is 0 Å². The first-order chi connectivity index (χ1) is 27.2. The molecule has 0 N–H and O–H groups in total. The van der Waals surface area contributed by atoms with Crippen LogP contribution in [0.25, 0.3) is 11.1 Å². The topological polar surface area (TPSA) is 36.9 Å². The van der Waals surface area contributed by atoms with Gasteiger partial charge < -0.3 is 18.6 Å². The second-order valence-corrected chi connectivity index (χ2v) is 20.3. The van der Waals surface area contributed by atoms with Crippen molar-refractivity contribution in [2.75, 3.05) is 0 Å². The molecule has 0 spiro atoms. The zero-order valence-electron chi connectivity index (χ0n) is 36.0. The van der Waals surface area contributed by atoms with Crippen LogP contribution in [0.15, 0.2) is 84.9 Å². The summed E-state index contributed by atoms with van der Waals surface area (Å²) in [6.45, 7) is 17.2. The summed E-state index contributed by atoms with van der Waals surface area (Å²) in [5, 5.41) is 0. The molecule has 4 aromatic rings. The van der Waals surface area contributed by atoms with Crippen molar-refractivity contribution in [3.8, 4) is 11.1 Å². The maximum Gasteiger partial charge on any atom is 0.494 e. The summed E-state index contributed by atoms with van der Waals surface area (Å²) in [7, 11) is -0.782. The average molecular weight is 763 g/mol. The Balaban J connectivity index is 1.02. The zero-order chi connectivity index (χ0) is 39.8. The van der Waals surface area contributed by atoms with Gasteiger partial charge in [0.25, 0.3) is 0 Å².